The summed E-state index contributed by atoms with van der Waals surface area (Å²) in [5, 5.41) is 12.2. The van der Waals surface area contributed by atoms with E-state index in [1.807, 2.05) is 0 Å². The van der Waals surface area contributed by atoms with Crippen molar-refractivity contribution in [3.05, 3.63) is 58.6 Å². The van der Waals surface area contributed by atoms with Crippen LogP contribution < -0.4 is 18.9 Å². The quantitative estimate of drug-likeness (QED) is 0.293. The number of fused-ring (bicyclic) bond motifs is 3. The molecule has 0 saturated carbocycles. The second kappa shape index (κ2) is 8.17. The lowest BCUT2D eigenvalue weighted by Gasteiger charge is -2.14. The number of non-ortho nitro benzene ring substituents is 1. The topological polar surface area (TPSA) is 119 Å². The predicted molar refractivity (Wildman–Crippen MR) is 121 cm³/mol. The molecule has 172 valence electrons. The second-order valence-electron chi connectivity index (χ2n) is 6.94. The first-order valence-electron chi connectivity index (χ1n) is 9.59. The molecule has 1 heterocycles. The van der Waals surface area contributed by atoms with Crippen LogP contribution in [-0.4, -0.2) is 45.8 Å². The zero-order chi connectivity index (χ0) is 23.9. The summed E-state index contributed by atoms with van der Waals surface area (Å²) in [5.74, 6) is 1.31. The molecule has 0 bridgehead atoms. The van der Waals surface area contributed by atoms with Gasteiger partial charge in [-0.05, 0) is 30.3 Å². The predicted octanol–water partition coefficient (Wildman–Crippen LogP) is 3.97. The Morgan fingerprint density at radius 1 is 0.788 bits per heavy atom. The highest BCUT2D eigenvalue weighted by molar-refractivity contribution is 7.90. The molecule has 3 aromatic carbocycles. The minimum Gasteiger partial charge on any atom is -0.493 e. The Labute approximate surface area is 189 Å². The van der Waals surface area contributed by atoms with Crippen molar-refractivity contribution in [2.75, 3.05) is 28.4 Å². The van der Waals surface area contributed by atoms with Gasteiger partial charge in [0.15, 0.2) is 23.0 Å². The van der Waals surface area contributed by atoms with Crippen LogP contribution in [0.5, 0.6) is 23.0 Å². The number of ether oxygens (including phenoxy) is 4. The van der Waals surface area contributed by atoms with E-state index in [4.69, 9.17) is 18.9 Å². The van der Waals surface area contributed by atoms with E-state index in [1.54, 1.807) is 24.3 Å². The lowest BCUT2D eigenvalue weighted by molar-refractivity contribution is -0.384. The van der Waals surface area contributed by atoms with Crippen molar-refractivity contribution in [3.8, 4) is 23.0 Å². The van der Waals surface area contributed by atoms with Gasteiger partial charge in [-0.1, -0.05) is 0 Å². The molecule has 33 heavy (non-hydrogen) atoms. The number of rotatable bonds is 7. The number of benzene rings is 3. The van der Waals surface area contributed by atoms with Crippen LogP contribution in [0.3, 0.4) is 0 Å². The maximum Gasteiger partial charge on any atom is 0.269 e. The van der Waals surface area contributed by atoms with Gasteiger partial charge in [-0.25, -0.2) is 12.4 Å². The summed E-state index contributed by atoms with van der Waals surface area (Å²) >= 11 is 0. The van der Waals surface area contributed by atoms with Crippen LogP contribution in [0.25, 0.3) is 21.8 Å². The van der Waals surface area contributed by atoms with Crippen LogP contribution in [0.15, 0.2) is 53.4 Å². The maximum absolute atomic E-state index is 13.9. The summed E-state index contributed by atoms with van der Waals surface area (Å²) in [6.45, 7) is 0. The van der Waals surface area contributed by atoms with E-state index in [9.17, 15) is 18.5 Å². The summed E-state index contributed by atoms with van der Waals surface area (Å²) in [4.78, 5) is 10.3. The average Bonchev–Trinajstić information content (AvgIpc) is 3.16. The minimum absolute atomic E-state index is 0.133. The molecule has 0 N–H and O–H groups in total. The summed E-state index contributed by atoms with van der Waals surface area (Å²) in [6.07, 6.45) is 0. The number of hydrogen-bond acceptors (Lipinski definition) is 8. The van der Waals surface area contributed by atoms with Crippen LogP contribution in [0.1, 0.15) is 0 Å². The third-order valence-electron chi connectivity index (χ3n) is 5.32. The largest absolute Gasteiger partial charge is 0.493 e. The summed E-state index contributed by atoms with van der Waals surface area (Å²) in [7, 11) is 1.57. The number of nitro benzene ring substituents is 1. The van der Waals surface area contributed by atoms with E-state index in [0.717, 1.165) is 16.1 Å². The third-order valence-corrected chi connectivity index (χ3v) is 7.05. The Hall–Kier alpha value is -3.99. The number of nitro groups is 1. The third kappa shape index (κ3) is 3.37. The fourth-order valence-corrected chi connectivity index (χ4v) is 5.32. The van der Waals surface area contributed by atoms with Crippen molar-refractivity contribution in [2.24, 2.45) is 0 Å². The number of nitrogens with zero attached hydrogens (tertiary/aromatic N) is 2. The van der Waals surface area contributed by atoms with Crippen molar-refractivity contribution in [1.29, 1.82) is 0 Å². The standard InChI is InChI=1S/C22H20N2O8S/c1-29-18-10-9-15-16-11-19(30-2)20(31-3)12-17(16)23(21(15)22(18)32-4)33(27,28)14-7-5-13(6-8-14)24(25)26/h5-12H,1-4H3. The lowest BCUT2D eigenvalue weighted by Crippen LogP contribution is -2.13. The van der Waals surface area contributed by atoms with Gasteiger partial charge in [0.1, 0.15) is 5.52 Å². The molecule has 1 aromatic heterocycles. The zero-order valence-electron chi connectivity index (χ0n) is 18.2. The van der Waals surface area contributed by atoms with Crippen LogP contribution in [-0.2, 0) is 10.0 Å². The maximum atomic E-state index is 13.9. The molecule has 0 fully saturated rings. The van der Waals surface area contributed by atoms with E-state index in [1.165, 1.54) is 40.6 Å². The van der Waals surface area contributed by atoms with Crippen LogP contribution in [0, 0.1) is 10.1 Å². The average molecular weight is 472 g/mol. The highest BCUT2D eigenvalue weighted by Gasteiger charge is 2.28. The molecule has 10 nitrogen and oxygen atoms in total. The summed E-state index contributed by atoms with van der Waals surface area (Å²) in [5.41, 5.74) is 0.342. The monoisotopic (exact) mass is 472 g/mol. The van der Waals surface area contributed by atoms with Crippen LogP contribution in [0.2, 0.25) is 0 Å². The molecule has 0 unspecified atom stereocenters. The smallest absolute Gasteiger partial charge is 0.269 e. The first kappa shape index (κ1) is 22.2. The Morgan fingerprint density at radius 2 is 1.39 bits per heavy atom. The lowest BCUT2D eigenvalue weighted by atomic mass is 10.1. The number of methoxy groups -OCH3 is 4. The van der Waals surface area contributed by atoms with E-state index in [2.05, 4.69) is 0 Å². The molecular weight excluding hydrogens is 452 g/mol. The van der Waals surface area contributed by atoms with Crippen molar-refractivity contribution < 1.29 is 32.3 Å². The summed E-state index contributed by atoms with van der Waals surface area (Å²) < 4.78 is 50.6. The van der Waals surface area contributed by atoms with Gasteiger partial charge in [-0.15, -0.1) is 0 Å². The fourth-order valence-electron chi connectivity index (χ4n) is 3.80. The molecular formula is C22H20N2O8S. The van der Waals surface area contributed by atoms with Crippen molar-refractivity contribution in [3.63, 3.8) is 0 Å². The van der Waals surface area contributed by atoms with Gasteiger partial charge >= 0.3 is 0 Å². The van der Waals surface area contributed by atoms with Crippen molar-refractivity contribution in [2.45, 2.75) is 4.90 Å². The number of hydrogen-bond donors (Lipinski definition) is 0. The fraction of sp³-hybridized carbons (Fsp3) is 0.182. The van der Waals surface area contributed by atoms with Crippen LogP contribution >= 0.6 is 0 Å². The number of aromatic nitrogens is 1. The second-order valence-corrected chi connectivity index (χ2v) is 8.73. The van der Waals surface area contributed by atoms with Crippen molar-refractivity contribution >= 4 is 37.5 Å². The molecule has 0 aliphatic carbocycles. The van der Waals surface area contributed by atoms with E-state index >= 15 is 0 Å². The zero-order valence-corrected chi connectivity index (χ0v) is 19.0. The molecule has 0 atom stereocenters. The molecule has 0 aliphatic heterocycles. The Balaban J connectivity index is 2.17. The molecule has 0 aliphatic rings. The van der Waals surface area contributed by atoms with Gasteiger partial charge in [0, 0.05) is 29.0 Å². The van der Waals surface area contributed by atoms with Gasteiger partial charge in [-0.2, -0.15) is 0 Å². The normalized spacial score (nSPS) is 11.5. The highest BCUT2D eigenvalue weighted by atomic mass is 32.2. The minimum atomic E-state index is -4.23. The molecule has 4 aromatic rings. The Kier molecular flexibility index (Phi) is 5.50. The van der Waals surface area contributed by atoms with Gasteiger partial charge in [-0.3, -0.25) is 10.1 Å². The molecule has 4 rings (SSSR count). The van der Waals surface area contributed by atoms with Gasteiger partial charge < -0.3 is 18.9 Å². The van der Waals surface area contributed by atoms with E-state index < -0.39 is 14.9 Å². The van der Waals surface area contributed by atoms with Gasteiger partial charge in [0.2, 0.25) is 0 Å². The van der Waals surface area contributed by atoms with Crippen molar-refractivity contribution in [1.82, 2.24) is 3.97 Å². The van der Waals surface area contributed by atoms with Gasteiger partial charge in [0.05, 0.1) is 43.8 Å². The molecule has 0 spiro atoms. The molecule has 0 amide bonds. The highest BCUT2D eigenvalue weighted by Crippen LogP contribution is 2.45. The first-order valence-corrected chi connectivity index (χ1v) is 11.0. The Bertz CT molecular complexity index is 1490. The van der Waals surface area contributed by atoms with E-state index in [0.29, 0.717) is 33.5 Å². The van der Waals surface area contributed by atoms with Crippen LogP contribution in [0.4, 0.5) is 5.69 Å². The van der Waals surface area contributed by atoms with E-state index in [-0.39, 0.29) is 21.8 Å². The SMILES string of the molecule is COc1cc2c3ccc(OC)c(OC)c3n(S(=O)(=O)c3ccc([N+](=O)[O-])cc3)c2cc1OC. The first-order chi connectivity index (χ1) is 15.8. The summed E-state index contributed by atoms with van der Waals surface area (Å²) in [6, 6.07) is 11.3. The molecule has 0 radical (unpaired) electrons. The Morgan fingerprint density at radius 3 is 1.94 bits per heavy atom. The molecule has 0 saturated heterocycles. The molecule has 11 heteroatoms. The van der Waals surface area contributed by atoms with Gasteiger partial charge in [0.25, 0.3) is 15.7 Å².